The molecule has 0 unspecified atom stereocenters. The standard InChI is InChI=1S/C12H19N7/c1-4-12(5-2,6-3)14-10-15-17-11(18-16-10)19-9-7-8-13-19/h7-9H,4-6H2,1-3H3,(H,14,15,16). The molecular weight excluding hydrogens is 242 g/mol. The Morgan fingerprint density at radius 2 is 1.68 bits per heavy atom. The molecule has 0 bridgehead atoms. The molecular formula is C12H19N7. The molecule has 0 fully saturated rings. The molecule has 0 amide bonds. The second kappa shape index (κ2) is 5.73. The van der Waals surface area contributed by atoms with Crippen molar-refractivity contribution in [2.75, 3.05) is 5.32 Å². The van der Waals surface area contributed by atoms with Crippen molar-refractivity contribution < 1.29 is 0 Å². The Balaban J connectivity index is 2.15. The Morgan fingerprint density at radius 3 is 2.16 bits per heavy atom. The van der Waals surface area contributed by atoms with E-state index in [1.807, 2.05) is 0 Å². The van der Waals surface area contributed by atoms with Crippen LogP contribution in [-0.4, -0.2) is 35.7 Å². The zero-order valence-corrected chi connectivity index (χ0v) is 11.5. The van der Waals surface area contributed by atoms with Crippen LogP contribution in [0.1, 0.15) is 40.0 Å². The van der Waals surface area contributed by atoms with E-state index in [1.54, 1.807) is 18.5 Å². The number of nitrogens with one attached hydrogen (secondary N) is 1. The minimum absolute atomic E-state index is 0.0105. The third-order valence-electron chi connectivity index (χ3n) is 3.58. The molecule has 1 N–H and O–H groups in total. The average molecular weight is 261 g/mol. The Labute approximate surface area is 112 Å². The SMILES string of the molecule is CCC(CC)(CC)Nc1nnc(-n2cccn2)nn1. The van der Waals surface area contributed by atoms with Gasteiger partial charge in [-0.3, -0.25) is 0 Å². The van der Waals surface area contributed by atoms with Crippen molar-refractivity contribution in [3.05, 3.63) is 18.5 Å². The third-order valence-corrected chi connectivity index (χ3v) is 3.58. The van der Waals surface area contributed by atoms with Crippen LogP contribution in [0.25, 0.3) is 5.95 Å². The number of anilines is 1. The molecule has 2 aromatic heterocycles. The average Bonchev–Trinajstić information content (AvgIpc) is 3.00. The Morgan fingerprint density at radius 1 is 1.05 bits per heavy atom. The number of rotatable bonds is 6. The van der Waals surface area contributed by atoms with E-state index in [-0.39, 0.29) is 5.54 Å². The highest BCUT2D eigenvalue weighted by Gasteiger charge is 2.24. The molecule has 0 radical (unpaired) electrons. The first kappa shape index (κ1) is 13.4. The van der Waals surface area contributed by atoms with E-state index in [9.17, 15) is 0 Å². The first-order valence-corrected chi connectivity index (χ1v) is 6.58. The van der Waals surface area contributed by atoms with Crippen LogP contribution in [0, 0.1) is 0 Å². The lowest BCUT2D eigenvalue weighted by atomic mass is 9.90. The minimum atomic E-state index is 0.0105. The fourth-order valence-electron chi connectivity index (χ4n) is 2.01. The fourth-order valence-corrected chi connectivity index (χ4v) is 2.01. The van der Waals surface area contributed by atoms with Crippen LogP contribution < -0.4 is 5.32 Å². The zero-order valence-electron chi connectivity index (χ0n) is 11.5. The fraction of sp³-hybridized carbons (Fsp3) is 0.583. The molecule has 0 aliphatic carbocycles. The highest BCUT2D eigenvalue weighted by Crippen LogP contribution is 2.23. The Kier molecular flexibility index (Phi) is 4.03. The third kappa shape index (κ3) is 2.86. The van der Waals surface area contributed by atoms with Gasteiger partial charge in [0, 0.05) is 17.9 Å². The second-order valence-electron chi connectivity index (χ2n) is 4.44. The van der Waals surface area contributed by atoms with Crippen LogP contribution in [0.5, 0.6) is 0 Å². The van der Waals surface area contributed by atoms with Crippen molar-refractivity contribution >= 4 is 5.95 Å². The summed E-state index contributed by atoms with van der Waals surface area (Å²) < 4.78 is 1.52. The second-order valence-corrected chi connectivity index (χ2v) is 4.44. The van der Waals surface area contributed by atoms with Crippen molar-refractivity contribution in [3.8, 4) is 5.95 Å². The summed E-state index contributed by atoms with van der Waals surface area (Å²) in [5, 5.41) is 23.5. The van der Waals surface area contributed by atoms with Gasteiger partial charge in [-0.15, -0.1) is 20.4 Å². The van der Waals surface area contributed by atoms with Gasteiger partial charge >= 0.3 is 0 Å². The van der Waals surface area contributed by atoms with Gasteiger partial charge in [0.15, 0.2) is 0 Å². The normalized spacial score (nSPS) is 11.5. The van der Waals surface area contributed by atoms with E-state index in [0.29, 0.717) is 11.9 Å². The summed E-state index contributed by atoms with van der Waals surface area (Å²) >= 11 is 0. The smallest absolute Gasteiger partial charge is 0.289 e. The summed E-state index contributed by atoms with van der Waals surface area (Å²) in [5.41, 5.74) is 0.0105. The van der Waals surface area contributed by atoms with Crippen molar-refractivity contribution in [1.82, 2.24) is 30.2 Å². The maximum absolute atomic E-state index is 4.07. The van der Waals surface area contributed by atoms with Crippen molar-refractivity contribution in [2.45, 2.75) is 45.6 Å². The van der Waals surface area contributed by atoms with Gasteiger partial charge in [-0.05, 0) is 25.3 Å². The van der Waals surface area contributed by atoms with Crippen LogP contribution in [-0.2, 0) is 0 Å². The summed E-state index contributed by atoms with van der Waals surface area (Å²) in [6, 6.07) is 1.80. The Hall–Kier alpha value is -2.05. The van der Waals surface area contributed by atoms with Gasteiger partial charge in [0.1, 0.15) is 0 Å². The van der Waals surface area contributed by atoms with Crippen LogP contribution in [0.4, 0.5) is 5.95 Å². The zero-order chi connectivity index (χ0) is 13.7. The number of hydrogen-bond acceptors (Lipinski definition) is 6. The van der Waals surface area contributed by atoms with E-state index < -0.39 is 0 Å². The molecule has 0 saturated carbocycles. The van der Waals surface area contributed by atoms with E-state index in [1.165, 1.54) is 4.68 Å². The van der Waals surface area contributed by atoms with E-state index in [0.717, 1.165) is 19.3 Å². The Bertz CT molecular complexity index is 479. The molecule has 2 aromatic rings. The van der Waals surface area contributed by atoms with E-state index in [2.05, 4.69) is 51.6 Å². The molecule has 0 atom stereocenters. The van der Waals surface area contributed by atoms with Crippen LogP contribution >= 0.6 is 0 Å². The van der Waals surface area contributed by atoms with Crippen LogP contribution in [0.15, 0.2) is 18.5 Å². The molecule has 2 heterocycles. The van der Waals surface area contributed by atoms with Gasteiger partial charge in [0.2, 0.25) is 0 Å². The van der Waals surface area contributed by atoms with Crippen LogP contribution in [0.2, 0.25) is 0 Å². The molecule has 0 saturated heterocycles. The quantitative estimate of drug-likeness (QED) is 0.854. The highest BCUT2D eigenvalue weighted by molar-refractivity contribution is 5.26. The molecule has 19 heavy (non-hydrogen) atoms. The summed E-state index contributed by atoms with van der Waals surface area (Å²) in [6.45, 7) is 6.46. The number of nitrogens with zero attached hydrogens (tertiary/aromatic N) is 6. The lowest BCUT2D eigenvalue weighted by molar-refractivity contribution is 0.415. The summed E-state index contributed by atoms with van der Waals surface area (Å²) in [4.78, 5) is 0. The summed E-state index contributed by atoms with van der Waals surface area (Å²) in [7, 11) is 0. The van der Waals surface area contributed by atoms with Gasteiger partial charge in [0.25, 0.3) is 11.9 Å². The van der Waals surface area contributed by atoms with Gasteiger partial charge in [-0.2, -0.15) is 5.10 Å². The predicted octanol–water partition coefficient (Wildman–Crippen LogP) is 1.83. The molecule has 102 valence electrons. The molecule has 7 heteroatoms. The first-order valence-electron chi connectivity index (χ1n) is 6.58. The summed E-state index contributed by atoms with van der Waals surface area (Å²) in [5.74, 6) is 0.826. The monoisotopic (exact) mass is 261 g/mol. The molecule has 2 rings (SSSR count). The topological polar surface area (TPSA) is 81.4 Å². The van der Waals surface area contributed by atoms with Crippen molar-refractivity contribution in [1.29, 1.82) is 0 Å². The van der Waals surface area contributed by atoms with E-state index in [4.69, 9.17) is 0 Å². The minimum Gasteiger partial charge on any atom is -0.346 e. The number of hydrogen-bond donors (Lipinski definition) is 1. The molecule has 0 aliphatic heterocycles. The number of aromatic nitrogens is 6. The molecule has 7 nitrogen and oxygen atoms in total. The summed E-state index contributed by atoms with van der Waals surface area (Å²) in [6.07, 6.45) is 6.42. The van der Waals surface area contributed by atoms with Gasteiger partial charge in [-0.25, -0.2) is 4.68 Å². The molecule has 0 spiro atoms. The maximum atomic E-state index is 4.07. The van der Waals surface area contributed by atoms with Gasteiger partial charge in [0.05, 0.1) is 0 Å². The molecule has 0 aromatic carbocycles. The van der Waals surface area contributed by atoms with Gasteiger partial charge in [-0.1, -0.05) is 20.8 Å². The van der Waals surface area contributed by atoms with Crippen LogP contribution in [0.3, 0.4) is 0 Å². The largest absolute Gasteiger partial charge is 0.346 e. The highest BCUT2D eigenvalue weighted by atomic mass is 15.5. The predicted molar refractivity (Wildman–Crippen MR) is 72.0 cm³/mol. The lowest BCUT2D eigenvalue weighted by Crippen LogP contribution is -2.37. The first-order chi connectivity index (χ1) is 9.23. The van der Waals surface area contributed by atoms with Crippen molar-refractivity contribution in [3.63, 3.8) is 0 Å². The van der Waals surface area contributed by atoms with Crippen molar-refractivity contribution in [2.24, 2.45) is 0 Å². The maximum Gasteiger partial charge on any atom is 0.289 e. The van der Waals surface area contributed by atoms with Gasteiger partial charge < -0.3 is 5.32 Å². The molecule has 0 aliphatic rings. The lowest BCUT2D eigenvalue weighted by Gasteiger charge is -2.31. The van der Waals surface area contributed by atoms with E-state index >= 15 is 0 Å².